The molecular weight excluding hydrogens is 374 g/mol. The molecule has 0 spiro atoms. The Morgan fingerprint density at radius 1 is 1.21 bits per heavy atom. The number of nitrogens with zero attached hydrogens (tertiary/aromatic N) is 3. The highest BCUT2D eigenvalue weighted by atomic mass is 16.6. The molecule has 0 unspecified atom stereocenters. The summed E-state index contributed by atoms with van der Waals surface area (Å²) < 4.78 is 0. The second-order valence-electron chi connectivity index (χ2n) is 6.42. The second-order valence-corrected chi connectivity index (χ2v) is 6.42. The molecule has 0 aromatic heterocycles. The summed E-state index contributed by atoms with van der Waals surface area (Å²) in [7, 11) is 1.36. The van der Waals surface area contributed by atoms with Crippen molar-refractivity contribution in [3.8, 4) is 0 Å². The molecule has 12 nitrogen and oxygen atoms in total. The van der Waals surface area contributed by atoms with E-state index in [0.29, 0.717) is 6.42 Å². The lowest BCUT2D eigenvalue weighted by Gasteiger charge is -2.30. The lowest BCUT2D eigenvalue weighted by molar-refractivity contribution is -0.393. The predicted molar refractivity (Wildman–Crippen MR) is 101 cm³/mol. The van der Waals surface area contributed by atoms with Gasteiger partial charge in [0.25, 0.3) is 11.4 Å². The lowest BCUT2D eigenvalue weighted by Crippen LogP contribution is -2.43. The number of anilines is 2. The fourth-order valence-electron chi connectivity index (χ4n) is 2.73. The zero-order chi connectivity index (χ0) is 21.8. The van der Waals surface area contributed by atoms with Crippen molar-refractivity contribution in [2.24, 2.45) is 11.7 Å². The van der Waals surface area contributed by atoms with E-state index in [1.54, 1.807) is 13.8 Å². The number of rotatable bonds is 10. The van der Waals surface area contributed by atoms with Crippen LogP contribution in [-0.4, -0.2) is 46.0 Å². The van der Waals surface area contributed by atoms with Crippen LogP contribution < -0.4 is 16.0 Å². The number of hydrogen-bond acceptors (Lipinski definition) is 8. The molecule has 1 rings (SSSR count). The van der Waals surface area contributed by atoms with Crippen LogP contribution in [0.5, 0.6) is 0 Å². The molecule has 1 aromatic carbocycles. The highest BCUT2D eigenvalue weighted by Crippen LogP contribution is 2.39. The Kier molecular flexibility index (Phi) is 7.24. The van der Waals surface area contributed by atoms with E-state index in [9.17, 15) is 34.9 Å². The number of amides is 1. The summed E-state index contributed by atoms with van der Waals surface area (Å²) in [6.07, 6.45) is 0.492. The van der Waals surface area contributed by atoms with Gasteiger partial charge in [-0.3, -0.25) is 25.0 Å². The molecule has 0 radical (unpaired) electrons. The minimum absolute atomic E-state index is 0.137. The number of nitro benzene ring substituents is 2. The van der Waals surface area contributed by atoms with Gasteiger partial charge in [-0.05, 0) is 18.9 Å². The molecule has 0 aliphatic rings. The molecule has 28 heavy (non-hydrogen) atoms. The number of hydrogen-bond donors (Lipinski definition) is 3. The normalized spacial score (nSPS) is 13.9. The van der Waals surface area contributed by atoms with E-state index < -0.39 is 45.2 Å². The molecule has 12 heteroatoms. The minimum atomic E-state index is -1.19. The van der Waals surface area contributed by atoms with Crippen molar-refractivity contribution in [1.82, 2.24) is 0 Å². The van der Waals surface area contributed by atoms with E-state index in [4.69, 9.17) is 5.73 Å². The van der Waals surface area contributed by atoms with Gasteiger partial charge in [-0.15, -0.1) is 0 Å². The Morgan fingerprint density at radius 3 is 2.14 bits per heavy atom. The molecule has 0 saturated heterocycles. The largest absolute Gasteiger partial charge is 0.480 e. The van der Waals surface area contributed by atoms with Crippen molar-refractivity contribution in [1.29, 1.82) is 0 Å². The Balaban J connectivity index is 3.66. The number of nitro groups is 2. The number of carbonyl (C=O) groups is 2. The highest BCUT2D eigenvalue weighted by molar-refractivity contribution is 5.87. The van der Waals surface area contributed by atoms with Crippen LogP contribution >= 0.6 is 0 Å². The fraction of sp³-hybridized carbons (Fsp3) is 0.500. The summed E-state index contributed by atoms with van der Waals surface area (Å²) >= 11 is 0. The number of benzene rings is 1. The van der Waals surface area contributed by atoms with Gasteiger partial charge >= 0.3 is 5.97 Å². The molecular formula is C16H23N5O7. The maximum Gasteiger partial charge on any atom is 0.326 e. The van der Waals surface area contributed by atoms with E-state index in [1.807, 2.05) is 0 Å². The van der Waals surface area contributed by atoms with Crippen LogP contribution in [0.1, 0.15) is 27.2 Å². The Hall–Kier alpha value is -3.44. The third kappa shape index (κ3) is 4.84. The van der Waals surface area contributed by atoms with Crippen LogP contribution in [-0.2, 0) is 9.59 Å². The predicted octanol–water partition coefficient (Wildman–Crippen LogP) is 1.72. The van der Waals surface area contributed by atoms with Gasteiger partial charge in [0, 0.05) is 7.05 Å². The summed E-state index contributed by atoms with van der Waals surface area (Å²) in [4.78, 5) is 45.4. The third-order valence-electron chi connectivity index (χ3n) is 4.52. The number of likely N-dealkylation sites (N-methyl/N-ethyl adjacent to an activating group) is 1. The average molecular weight is 397 g/mol. The summed E-state index contributed by atoms with van der Waals surface area (Å²) in [5, 5.41) is 35.0. The number of carboxylic acids is 1. The minimum Gasteiger partial charge on any atom is -0.480 e. The fourth-order valence-corrected chi connectivity index (χ4v) is 2.73. The number of primary amides is 1. The maximum absolute atomic E-state index is 11.7. The highest BCUT2D eigenvalue weighted by Gasteiger charge is 2.34. The molecule has 3 atom stereocenters. The second kappa shape index (κ2) is 8.97. The van der Waals surface area contributed by atoms with Crippen molar-refractivity contribution in [3.05, 3.63) is 32.4 Å². The molecule has 0 fully saturated rings. The van der Waals surface area contributed by atoms with Crippen LogP contribution in [0.3, 0.4) is 0 Å². The Morgan fingerprint density at radius 2 is 1.75 bits per heavy atom. The van der Waals surface area contributed by atoms with Crippen molar-refractivity contribution in [2.75, 3.05) is 17.3 Å². The zero-order valence-electron chi connectivity index (χ0n) is 15.9. The first-order valence-corrected chi connectivity index (χ1v) is 8.40. The molecule has 1 aromatic rings. The number of nitrogens with two attached hydrogens (primary N) is 1. The summed E-state index contributed by atoms with van der Waals surface area (Å²) in [6, 6.07) is -0.277. The van der Waals surface area contributed by atoms with Gasteiger partial charge in [0.2, 0.25) is 5.91 Å². The summed E-state index contributed by atoms with van der Waals surface area (Å²) in [6.45, 7) is 4.83. The Labute approximate surface area is 160 Å². The molecule has 0 saturated carbocycles. The number of nitrogens with one attached hydrogen (secondary N) is 1. The van der Waals surface area contributed by atoms with Gasteiger partial charge in [-0.25, -0.2) is 4.79 Å². The van der Waals surface area contributed by atoms with Gasteiger partial charge in [-0.2, -0.15) is 0 Å². The molecule has 0 bridgehead atoms. The molecule has 154 valence electrons. The molecule has 0 aliphatic heterocycles. The first kappa shape index (κ1) is 22.6. The maximum atomic E-state index is 11.7. The van der Waals surface area contributed by atoms with Gasteiger partial charge in [0.1, 0.15) is 23.5 Å². The van der Waals surface area contributed by atoms with Gasteiger partial charge in [0.15, 0.2) is 0 Å². The van der Waals surface area contributed by atoms with E-state index in [1.165, 1.54) is 18.9 Å². The van der Waals surface area contributed by atoms with Crippen molar-refractivity contribution >= 4 is 34.6 Å². The van der Waals surface area contributed by atoms with Crippen LogP contribution in [0, 0.1) is 26.1 Å². The number of carbonyl (C=O) groups excluding carboxylic acids is 1. The smallest absolute Gasteiger partial charge is 0.326 e. The van der Waals surface area contributed by atoms with Crippen LogP contribution in [0.4, 0.5) is 22.7 Å². The summed E-state index contributed by atoms with van der Waals surface area (Å²) in [5.74, 6) is -2.34. The SMILES string of the molecule is CC[C@@H](C)[C@@H](C(=O)O)N(C)c1cc(N[C@H](C)C(N)=O)c([N+](=O)[O-])cc1[N+](=O)[O-]. The monoisotopic (exact) mass is 397 g/mol. The first-order valence-electron chi connectivity index (χ1n) is 8.40. The van der Waals surface area contributed by atoms with Crippen molar-refractivity contribution in [3.63, 3.8) is 0 Å². The third-order valence-corrected chi connectivity index (χ3v) is 4.52. The van der Waals surface area contributed by atoms with Crippen molar-refractivity contribution in [2.45, 2.75) is 39.3 Å². The van der Waals surface area contributed by atoms with Crippen LogP contribution in [0.2, 0.25) is 0 Å². The Bertz CT molecular complexity index is 798. The molecule has 0 heterocycles. The van der Waals surface area contributed by atoms with Crippen LogP contribution in [0.15, 0.2) is 12.1 Å². The van der Waals surface area contributed by atoms with E-state index in [-0.39, 0.29) is 17.3 Å². The topological polar surface area (TPSA) is 182 Å². The van der Waals surface area contributed by atoms with Gasteiger partial charge in [-0.1, -0.05) is 20.3 Å². The molecule has 1 amide bonds. The first-order chi connectivity index (χ1) is 12.9. The van der Waals surface area contributed by atoms with E-state index in [2.05, 4.69) is 5.32 Å². The molecule has 0 aliphatic carbocycles. The zero-order valence-corrected chi connectivity index (χ0v) is 15.9. The molecule has 4 N–H and O–H groups in total. The average Bonchev–Trinajstić information content (AvgIpc) is 2.60. The lowest BCUT2D eigenvalue weighted by atomic mass is 9.97. The van der Waals surface area contributed by atoms with Gasteiger partial charge < -0.3 is 21.1 Å². The van der Waals surface area contributed by atoms with Crippen molar-refractivity contribution < 1.29 is 24.5 Å². The standard InChI is InChI=1S/C16H23N5O7/c1-5-8(2)14(16(23)24)19(4)12-6-10(18-9(3)15(17)22)11(20(25)26)7-13(12)21(27)28/h6-9,14,18H,5H2,1-4H3,(H2,17,22)(H,23,24)/t8-,9-,14+/m1/s1. The van der Waals surface area contributed by atoms with E-state index >= 15 is 0 Å². The quantitative estimate of drug-likeness (QED) is 0.391. The van der Waals surface area contributed by atoms with Crippen LogP contribution in [0.25, 0.3) is 0 Å². The summed E-state index contributed by atoms with van der Waals surface area (Å²) in [5.41, 5.74) is 3.59. The number of carboxylic acid groups (broad SMARTS) is 1. The van der Waals surface area contributed by atoms with E-state index in [0.717, 1.165) is 12.1 Å². The van der Waals surface area contributed by atoms with Gasteiger partial charge in [0.05, 0.1) is 15.9 Å². The number of aliphatic carboxylic acids is 1.